The lowest BCUT2D eigenvalue weighted by atomic mass is 10.0. The molecule has 1 aliphatic carbocycles. The van der Waals surface area contributed by atoms with Crippen molar-refractivity contribution in [1.82, 2.24) is 5.32 Å². The molecule has 18 heavy (non-hydrogen) atoms. The number of phenols is 1. The molecule has 0 heterocycles. The highest BCUT2D eigenvalue weighted by Crippen LogP contribution is 2.23. The Hall–Kier alpha value is -1.09. The molecule has 1 aliphatic rings. The number of benzene rings is 1. The van der Waals surface area contributed by atoms with E-state index in [1.807, 2.05) is 0 Å². The van der Waals surface area contributed by atoms with Crippen LogP contribution in [0.3, 0.4) is 0 Å². The summed E-state index contributed by atoms with van der Waals surface area (Å²) in [6, 6.07) is 4.60. The van der Waals surface area contributed by atoms with E-state index in [-0.39, 0.29) is 11.6 Å². The second-order valence-corrected chi connectivity index (χ2v) is 5.46. The minimum Gasteiger partial charge on any atom is -0.508 e. The lowest BCUT2D eigenvalue weighted by Crippen LogP contribution is -2.28. The summed E-state index contributed by atoms with van der Waals surface area (Å²) >= 11 is 0. The van der Waals surface area contributed by atoms with Crippen LogP contribution in [0, 0.1) is 11.7 Å². The van der Waals surface area contributed by atoms with Crippen molar-refractivity contribution < 1.29 is 9.50 Å². The number of halogens is 1. The summed E-state index contributed by atoms with van der Waals surface area (Å²) in [5.41, 5.74) is 0.646. The summed E-state index contributed by atoms with van der Waals surface area (Å²) in [6.07, 6.45) is 6.18. The number of hydrogen-bond acceptors (Lipinski definition) is 2. The summed E-state index contributed by atoms with van der Waals surface area (Å²) in [4.78, 5) is 0. The Labute approximate surface area is 108 Å². The number of rotatable bonds is 3. The van der Waals surface area contributed by atoms with Crippen LogP contribution in [0.2, 0.25) is 0 Å². The lowest BCUT2D eigenvalue weighted by Gasteiger charge is -2.17. The number of phenolic OH excluding ortho intramolecular Hbond substituents is 1. The number of hydrogen-bond donors (Lipinski definition) is 2. The van der Waals surface area contributed by atoms with Crippen molar-refractivity contribution in [3.05, 3.63) is 29.6 Å². The molecule has 0 aromatic heterocycles. The van der Waals surface area contributed by atoms with Gasteiger partial charge in [0.25, 0.3) is 0 Å². The van der Waals surface area contributed by atoms with E-state index >= 15 is 0 Å². The van der Waals surface area contributed by atoms with E-state index in [4.69, 9.17) is 0 Å². The highest BCUT2D eigenvalue weighted by molar-refractivity contribution is 5.32. The molecule has 2 rings (SSSR count). The van der Waals surface area contributed by atoms with Crippen molar-refractivity contribution in [3.8, 4) is 5.75 Å². The largest absolute Gasteiger partial charge is 0.508 e. The third-order valence-corrected chi connectivity index (χ3v) is 3.88. The minimum absolute atomic E-state index is 0.172. The molecule has 1 saturated carbocycles. The molecular formula is C15H22FNO. The average molecular weight is 251 g/mol. The van der Waals surface area contributed by atoms with Crippen molar-refractivity contribution >= 4 is 0 Å². The van der Waals surface area contributed by atoms with Gasteiger partial charge in [0.05, 0.1) is 0 Å². The monoisotopic (exact) mass is 251 g/mol. The predicted molar refractivity (Wildman–Crippen MR) is 70.9 cm³/mol. The SMILES string of the molecule is CC1CCCC(NCc2cc(F)ccc2O)CC1. The number of aromatic hydroxyl groups is 1. The average Bonchev–Trinajstić information content (AvgIpc) is 2.55. The van der Waals surface area contributed by atoms with Gasteiger partial charge in [0, 0.05) is 18.2 Å². The van der Waals surface area contributed by atoms with E-state index in [1.54, 1.807) is 0 Å². The van der Waals surface area contributed by atoms with Crippen LogP contribution in [-0.2, 0) is 6.54 Å². The van der Waals surface area contributed by atoms with Crippen molar-refractivity contribution in [2.24, 2.45) is 5.92 Å². The highest BCUT2D eigenvalue weighted by Gasteiger charge is 2.16. The van der Waals surface area contributed by atoms with Gasteiger partial charge in [-0.3, -0.25) is 0 Å². The van der Waals surface area contributed by atoms with Gasteiger partial charge in [0.1, 0.15) is 11.6 Å². The standard InChI is InChI=1S/C15H22FNO/c1-11-3-2-4-14(7-5-11)17-10-12-9-13(16)6-8-15(12)18/h6,8-9,11,14,17-18H,2-5,7,10H2,1H3. The summed E-state index contributed by atoms with van der Waals surface area (Å²) < 4.78 is 13.1. The van der Waals surface area contributed by atoms with E-state index < -0.39 is 0 Å². The quantitative estimate of drug-likeness (QED) is 0.805. The summed E-state index contributed by atoms with van der Waals surface area (Å²) in [5, 5.41) is 13.1. The number of nitrogens with one attached hydrogen (secondary N) is 1. The van der Waals surface area contributed by atoms with Gasteiger partial charge in [-0.2, -0.15) is 0 Å². The van der Waals surface area contributed by atoms with Crippen molar-refractivity contribution in [2.75, 3.05) is 0 Å². The van der Waals surface area contributed by atoms with Crippen LogP contribution in [0.15, 0.2) is 18.2 Å². The first-order valence-electron chi connectivity index (χ1n) is 6.86. The zero-order chi connectivity index (χ0) is 13.0. The Morgan fingerprint density at radius 3 is 2.94 bits per heavy atom. The van der Waals surface area contributed by atoms with Crippen LogP contribution >= 0.6 is 0 Å². The maximum absolute atomic E-state index is 13.1. The highest BCUT2D eigenvalue weighted by atomic mass is 19.1. The summed E-state index contributed by atoms with van der Waals surface area (Å²) in [6.45, 7) is 2.85. The molecule has 100 valence electrons. The van der Waals surface area contributed by atoms with Gasteiger partial charge in [-0.25, -0.2) is 4.39 Å². The lowest BCUT2D eigenvalue weighted by molar-refractivity contribution is 0.430. The Bertz CT molecular complexity index is 394. The molecule has 0 spiro atoms. The Morgan fingerprint density at radius 1 is 1.28 bits per heavy atom. The molecule has 0 bridgehead atoms. The third kappa shape index (κ3) is 3.70. The first kappa shape index (κ1) is 13.3. The van der Waals surface area contributed by atoms with Gasteiger partial charge >= 0.3 is 0 Å². The van der Waals surface area contributed by atoms with E-state index in [2.05, 4.69) is 12.2 Å². The molecular weight excluding hydrogens is 229 g/mol. The molecule has 0 aliphatic heterocycles. The van der Waals surface area contributed by atoms with Crippen LogP contribution in [0.4, 0.5) is 4.39 Å². The first-order valence-corrected chi connectivity index (χ1v) is 6.86. The van der Waals surface area contributed by atoms with Crippen molar-refractivity contribution in [1.29, 1.82) is 0 Å². The van der Waals surface area contributed by atoms with Gasteiger partial charge in [-0.05, 0) is 43.4 Å². The maximum Gasteiger partial charge on any atom is 0.123 e. The minimum atomic E-state index is -0.293. The molecule has 1 aromatic rings. The van der Waals surface area contributed by atoms with Crippen LogP contribution in [-0.4, -0.2) is 11.1 Å². The van der Waals surface area contributed by atoms with Crippen LogP contribution in [0.25, 0.3) is 0 Å². The first-order chi connectivity index (χ1) is 8.65. The molecule has 0 radical (unpaired) electrons. The molecule has 2 unspecified atom stereocenters. The topological polar surface area (TPSA) is 32.3 Å². The molecule has 0 saturated heterocycles. The Balaban J connectivity index is 1.88. The fourth-order valence-corrected chi connectivity index (χ4v) is 2.64. The molecule has 0 amide bonds. The van der Waals surface area contributed by atoms with Gasteiger partial charge in [-0.15, -0.1) is 0 Å². The summed E-state index contributed by atoms with van der Waals surface area (Å²) in [7, 11) is 0. The Morgan fingerprint density at radius 2 is 2.11 bits per heavy atom. The zero-order valence-corrected chi connectivity index (χ0v) is 11.0. The van der Waals surface area contributed by atoms with E-state index in [0.29, 0.717) is 18.2 Å². The molecule has 3 heteroatoms. The van der Waals surface area contributed by atoms with Crippen molar-refractivity contribution in [2.45, 2.75) is 51.6 Å². The fourth-order valence-electron chi connectivity index (χ4n) is 2.64. The zero-order valence-electron chi connectivity index (χ0n) is 11.0. The van der Waals surface area contributed by atoms with Crippen LogP contribution in [0.5, 0.6) is 5.75 Å². The normalized spacial score (nSPS) is 24.8. The second kappa shape index (κ2) is 6.19. The van der Waals surface area contributed by atoms with Crippen LogP contribution < -0.4 is 5.32 Å². The van der Waals surface area contributed by atoms with Crippen molar-refractivity contribution in [3.63, 3.8) is 0 Å². The molecule has 2 atom stereocenters. The fraction of sp³-hybridized carbons (Fsp3) is 0.600. The second-order valence-electron chi connectivity index (χ2n) is 5.46. The van der Waals surface area contributed by atoms with E-state index in [1.165, 1.54) is 50.3 Å². The van der Waals surface area contributed by atoms with Gasteiger partial charge in [-0.1, -0.05) is 19.8 Å². The predicted octanol–water partition coefficient (Wildman–Crippen LogP) is 3.59. The molecule has 2 N–H and O–H groups in total. The third-order valence-electron chi connectivity index (χ3n) is 3.88. The maximum atomic E-state index is 13.1. The molecule has 1 fully saturated rings. The van der Waals surface area contributed by atoms with Gasteiger partial charge in [0.2, 0.25) is 0 Å². The van der Waals surface area contributed by atoms with E-state index in [0.717, 1.165) is 5.92 Å². The molecule has 2 nitrogen and oxygen atoms in total. The summed E-state index contributed by atoms with van der Waals surface area (Å²) in [5.74, 6) is 0.698. The van der Waals surface area contributed by atoms with E-state index in [9.17, 15) is 9.50 Å². The Kier molecular flexibility index (Phi) is 4.59. The van der Waals surface area contributed by atoms with Gasteiger partial charge in [0.15, 0.2) is 0 Å². The van der Waals surface area contributed by atoms with Gasteiger partial charge < -0.3 is 10.4 Å². The smallest absolute Gasteiger partial charge is 0.123 e. The molecule has 1 aromatic carbocycles. The van der Waals surface area contributed by atoms with Crippen LogP contribution in [0.1, 0.15) is 44.6 Å².